The maximum Gasteiger partial charge on any atom is 0.361 e. The standard InChI is InChI=1S/C67H121NO8/c1-6-8-10-12-14-16-18-20-22-23-24-25-26-27-28-29-30-31-32-33-34-35-36-37-38-39-40-41-42-44-45-47-49-51-53-55-57-64(69)74-61-63(62-75-67(66(71)72)73-60-59-68(3,4)5)76-65(70)58-56-54-52-50-48-46-43-21-19-17-15-13-11-9-7-2/h9,11,15,17,21,43,48,50,54,56,63,67H,6-8,10,12-14,16,18-20,22-42,44-47,49,51-53,55,57-62H2,1-5H3/p+1/b11-9-,17-15-,43-21-,50-48-,56-54-. The lowest BCUT2D eigenvalue weighted by Crippen LogP contribution is -2.40. The van der Waals surface area contributed by atoms with E-state index in [1.54, 1.807) is 6.08 Å². The summed E-state index contributed by atoms with van der Waals surface area (Å²) in [5.41, 5.74) is 0. The van der Waals surface area contributed by atoms with Gasteiger partial charge >= 0.3 is 17.9 Å². The van der Waals surface area contributed by atoms with Gasteiger partial charge in [-0.25, -0.2) is 4.79 Å². The first-order valence-electron chi connectivity index (χ1n) is 32.0. The van der Waals surface area contributed by atoms with Gasteiger partial charge in [0, 0.05) is 6.42 Å². The van der Waals surface area contributed by atoms with Gasteiger partial charge in [-0.3, -0.25) is 9.59 Å². The summed E-state index contributed by atoms with van der Waals surface area (Å²) >= 11 is 0. The third-order valence-electron chi connectivity index (χ3n) is 14.1. The lowest BCUT2D eigenvalue weighted by molar-refractivity contribution is -0.870. The van der Waals surface area contributed by atoms with Crippen LogP contribution in [0.3, 0.4) is 0 Å². The van der Waals surface area contributed by atoms with Crippen molar-refractivity contribution >= 4 is 17.9 Å². The van der Waals surface area contributed by atoms with E-state index in [2.05, 4.69) is 56.4 Å². The van der Waals surface area contributed by atoms with Gasteiger partial charge in [-0.1, -0.05) is 299 Å². The zero-order valence-corrected chi connectivity index (χ0v) is 50.4. The Morgan fingerprint density at radius 1 is 0.408 bits per heavy atom. The van der Waals surface area contributed by atoms with Gasteiger partial charge in [0.1, 0.15) is 13.2 Å². The summed E-state index contributed by atoms with van der Waals surface area (Å²) < 4.78 is 22.7. The zero-order chi connectivity index (χ0) is 55.5. The number of ether oxygens (including phenoxy) is 4. The van der Waals surface area contributed by atoms with E-state index in [4.69, 9.17) is 18.9 Å². The van der Waals surface area contributed by atoms with Gasteiger partial charge in [0.25, 0.3) is 6.29 Å². The number of carbonyl (C=O) groups is 3. The summed E-state index contributed by atoms with van der Waals surface area (Å²) in [6.07, 6.45) is 72.5. The predicted octanol–water partition coefficient (Wildman–Crippen LogP) is 19.2. The van der Waals surface area contributed by atoms with Crippen molar-refractivity contribution in [2.75, 3.05) is 47.5 Å². The Morgan fingerprint density at radius 3 is 1.07 bits per heavy atom. The van der Waals surface area contributed by atoms with Crippen LogP contribution in [-0.2, 0) is 33.3 Å². The number of aliphatic carboxylic acids is 1. The van der Waals surface area contributed by atoms with Crippen molar-refractivity contribution in [3.05, 3.63) is 60.8 Å². The molecule has 442 valence electrons. The van der Waals surface area contributed by atoms with Crippen molar-refractivity contribution in [2.24, 2.45) is 0 Å². The fourth-order valence-electron chi connectivity index (χ4n) is 9.21. The van der Waals surface area contributed by atoms with E-state index >= 15 is 0 Å². The molecule has 0 aromatic heterocycles. The smallest absolute Gasteiger partial charge is 0.361 e. The normalized spacial score (nSPS) is 13.1. The van der Waals surface area contributed by atoms with Crippen molar-refractivity contribution < 1.29 is 42.9 Å². The van der Waals surface area contributed by atoms with Crippen LogP contribution in [0, 0.1) is 0 Å². The van der Waals surface area contributed by atoms with Crippen LogP contribution in [0.2, 0.25) is 0 Å². The number of hydrogen-bond donors (Lipinski definition) is 1. The van der Waals surface area contributed by atoms with Crippen LogP contribution in [0.1, 0.15) is 290 Å². The molecule has 2 unspecified atom stereocenters. The summed E-state index contributed by atoms with van der Waals surface area (Å²) in [5.74, 6) is -2.16. The summed E-state index contributed by atoms with van der Waals surface area (Å²) in [7, 11) is 5.94. The van der Waals surface area contributed by atoms with Crippen LogP contribution in [0.15, 0.2) is 60.8 Å². The lowest BCUT2D eigenvalue weighted by Gasteiger charge is -2.25. The molecule has 0 amide bonds. The zero-order valence-electron chi connectivity index (χ0n) is 50.4. The summed E-state index contributed by atoms with van der Waals surface area (Å²) in [4.78, 5) is 37.3. The molecule has 0 fully saturated rings. The third-order valence-corrected chi connectivity index (χ3v) is 14.1. The van der Waals surface area contributed by atoms with Gasteiger partial charge in [0.2, 0.25) is 0 Å². The highest BCUT2D eigenvalue weighted by Crippen LogP contribution is 2.18. The number of rotatable bonds is 59. The van der Waals surface area contributed by atoms with Gasteiger partial charge in [-0.15, -0.1) is 0 Å². The first-order valence-corrected chi connectivity index (χ1v) is 32.0. The topological polar surface area (TPSA) is 108 Å². The maximum atomic E-state index is 12.8. The van der Waals surface area contributed by atoms with Crippen molar-refractivity contribution in [2.45, 2.75) is 302 Å². The second-order valence-corrected chi connectivity index (χ2v) is 22.7. The van der Waals surface area contributed by atoms with Gasteiger partial charge in [0.05, 0.1) is 40.8 Å². The Labute approximate surface area is 469 Å². The maximum absolute atomic E-state index is 12.8. The molecule has 0 radical (unpaired) electrons. The molecule has 1 N–H and O–H groups in total. The largest absolute Gasteiger partial charge is 0.477 e. The Morgan fingerprint density at radius 2 is 0.737 bits per heavy atom. The Bertz CT molecular complexity index is 1430. The Kier molecular flexibility index (Phi) is 55.8. The number of likely N-dealkylation sites (N-methyl/N-ethyl adjacent to an activating group) is 1. The van der Waals surface area contributed by atoms with Crippen LogP contribution < -0.4 is 0 Å². The molecule has 0 heterocycles. The minimum atomic E-state index is -1.54. The molecule has 0 rings (SSSR count). The van der Waals surface area contributed by atoms with Gasteiger partial charge < -0.3 is 28.5 Å². The molecule has 0 aliphatic carbocycles. The number of allylic oxidation sites excluding steroid dienone is 9. The number of nitrogens with zero attached hydrogens (tertiary/aromatic N) is 1. The van der Waals surface area contributed by atoms with Crippen LogP contribution in [-0.4, -0.2) is 87.4 Å². The fourth-order valence-corrected chi connectivity index (χ4v) is 9.21. The molecule has 9 heteroatoms. The summed E-state index contributed by atoms with van der Waals surface area (Å²) in [6.45, 7) is 4.68. The average Bonchev–Trinajstić information content (AvgIpc) is 3.39. The first-order chi connectivity index (χ1) is 37.1. The molecule has 76 heavy (non-hydrogen) atoms. The van der Waals surface area contributed by atoms with Gasteiger partial charge in [0.15, 0.2) is 6.10 Å². The second kappa shape index (κ2) is 58.1. The third kappa shape index (κ3) is 58.7. The molecule has 9 nitrogen and oxygen atoms in total. The number of unbranched alkanes of at least 4 members (excludes halogenated alkanes) is 35. The first kappa shape index (κ1) is 73.0. The molecule has 0 aromatic carbocycles. The molecule has 0 bridgehead atoms. The number of carbonyl (C=O) groups excluding carboxylic acids is 2. The Balaban J connectivity index is 4.01. The SMILES string of the molecule is CC/C=C\C/C=C\C/C=C\C/C=C\C/C=C\CC(=O)OC(COC(=O)CCCCCCCCCCCCCCCCCCCCCCCCCCCCCCCCCCCCCC)COC(OCC[N+](C)(C)C)C(=O)O. The Hall–Kier alpha value is -3.01. The second-order valence-electron chi connectivity index (χ2n) is 22.7. The molecule has 0 spiro atoms. The highest BCUT2D eigenvalue weighted by Gasteiger charge is 2.25. The lowest BCUT2D eigenvalue weighted by atomic mass is 10.0. The van der Waals surface area contributed by atoms with E-state index < -0.39 is 24.3 Å². The van der Waals surface area contributed by atoms with Crippen molar-refractivity contribution in [1.29, 1.82) is 0 Å². The molecule has 0 aliphatic heterocycles. The highest BCUT2D eigenvalue weighted by molar-refractivity contribution is 5.72. The molecule has 2 atom stereocenters. The van der Waals surface area contributed by atoms with E-state index in [1.807, 2.05) is 33.3 Å². The molecular weight excluding hydrogens is 947 g/mol. The van der Waals surface area contributed by atoms with Crippen molar-refractivity contribution in [3.63, 3.8) is 0 Å². The van der Waals surface area contributed by atoms with Crippen LogP contribution >= 0.6 is 0 Å². The molecular formula is C67H122NO8+. The fraction of sp³-hybridized carbons (Fsp3) is 0.806. The monoisotopic (exact) mass is 1070 g/mol. The number of carboxylic acids is 1. The average molecular weight is 1070 g/mol. The number of esters is 2. The number of carboxylic acid groups (broad SMARTS) is 1. The number of quaternary nitrogens is 1. The minimum absolute atomic E-state index is 0.0279. The van der Waals surface area contributed by atoms with Gasteiger partial charge in [-0.2, -0.15) is 0 Å². The van der Waals surface area contributed by atoms with Crippen LogP contribution in [0.25, 0.3) is 0 Å². The van der Waals surface area contributed by atoms with E-state index in [1.165, 1.54) is 212 Å². The quantitative estimate of drug-likeness (QED) is 0.0211. The summed E-state index contributed by atoms with van der Waals surface area (Å²) in [6, 6.07) is 0. The highest BCUT2D eigenvalue weighted by atomic mass is 16.7. The molecule has 0 aliphatic rings. The van der Waals surface area contributed by atoms with Gasteiger partial charge in [-0.05, 0) is 38.5 Å². The van der Waals surface area contributed by atoms with Crippen molar-refractivity contribution in [1.82, 2.24) is 0 Å². The van der Waals surface area contributed by atoms with Crippen LogP contribution in [0.4, 0.5) is 0 Å². The summed E-state index contributed by atoms with van der Waals surface area (Å²) in [5, 5.41) is 9.68. The van der Waals surface area contributed by atoms with E-state index in [0.717, 1.165) is 44.9 Å². The number of hydrogen-bond acceptors (Lipinski definition) is 7. The predicted molar refractivity (Wildman–Crippen MR) is 323 cm³/mol. The van der Waals surface area contributed by atoms with Crippen molar-refractivity contribution in [3.8, 4) is 0 Å². The van der Waals surface area contributed by atoms with E-state index in [0.29, 0.717) is 17.4 Å². The molecule has 0 saturated heterocycles. The minimum Gasteiger partial charge on any atom is -0.477 e. The van der Waals surface area contributed by atoms with E-state index in [9.17, 15) is 19.5 Å². The molecule has 0 aromatic rings. The van der Waals surface area contributed by atoms with E-state index in [-0.39, 0.29) is 38.6 Å². The molecule has 0 saturated carbocycles. The van der Waals surface area contributed by atoms with Crippen LogP contribution in [0.5, 0.6) is 0 Å².